The Bertz CT molecular complexity index is 464. The average Bonchev–Trinajstić information content (AvgIpc) is 2.85. The molecule has 0 bridgehead atoms. The second kappa shape index (κ2) is 6.45. The molecule has 21 heavy (non-hydrogen) atoms. The van der Waals surface area contributed by atoms with E-state index in [1.165, 1.54) is 36.8 Å². The first-order chi connectivity index (χ1) is 9.85. The van der Waals surface area contributed by atoms with Crippen LogP contribution in [0, 0.1) is 20.8 Å². The second-order valence-electron chi connectivity index (χ2n) is 7.01. The standard InChI is InChI=1S/C18H31N3/c1-13-11-14(2)20-16(4)17(13)15(3)19-12-18(21(5)6)9-7-8-10-18/h11,15,19H,7-10,12H2,1-6H3. The number of hydrogen-bond acceptors (Lipinski definition) is 3. The van der Waals surface area contributed by atoms with E-state index in [1.807, 2.05) is 0 Å². The van der Waals surface area contributed by atoms with Crippen LogP contribution < -0.4 is 5.32 Å². The summed E-state index contributed by atoms with van der Waals surface area (Å²) in [6, 6.07) is 2.55. The fourth-order valence-corrected chi connectivity index (χ4v) is 3.95. The van der Waals surface area contributed by atoms with E-state index >= 15 is 0 Å². The zero-order valence-corrected chi connectivity index (χ0v) is 14.6. The minimum absolute atomic E-state index is 0.341. The van der Waals surface area contributed by atoms with E-state index in [4.69, 9.17) is 0 Å². The summed E-state index contributed by atoms with van der Waals surface area (Å²) in [6.07, 6.45) is 5.34. The Labute approximate surface area is 130 Å². The predicted octanol–water partition coefficient (Wildman–Crippen LogP) is 3.53. The Balaban J connectivity index is 2.10. The molecule has 1 saturated carbocycles. The number of pyridine rings is 1. The first-order valence-electron chi connectivity index (χ1n) is 8.21. The van der Waals surface area contributed by atoms with E-state index in [2.05, 4.69) is 63.1 Å². The van der Waals surface area contributed by atoms with Crippen LogP contribution in [0.2, 0.25) is 0 Å². The third-order valence-corrected chi connectivity index (χ3v) is 5.24. The molecule has 0 spiro atoms. The van der Waals surface area contributed by atoms with Crippen molar-refractivity contribution in [3.8, 4) is 0 Å². The van der Waals surface area contributed by atoms with Gasteiger partial charge in [-0.25, -0.2) is 0 Å². The van der Waals surface area contributed by atoms with Crippen LogP contribution in [0.4, 0.5) is 0 Å². The largest absolute Gasteiger partial charge is 0.308 e. The molecule has 1 aromatic rings. The molecule has 1 N–H and O–H groups in total. The number of aryl methyl sites for hydroxylation is 3. The highest BCUT2D eigenvalue weighted by Crippen LogP contribution is 2.34. The summed E-state index contributed by atoms with van der Waals surface area (Å²) in [5.41, 5.74) is 5.34. The van der Waals surface area contributed by atoms with Crippen molar-refractivity contribution in [3.63, 3.8) is 0 Å². The molecule has 1 fully saturated rings. The van der Waals surface area contributed by atoms with Crippen LogP contribution in [-0.4, -0.2) is 36.1 Å². The number of aromatic nitrogens is 1. The van der Waals surface area contributed by atoms with E-state index in [1.54, 1.807) is 0 Å². The molecule has 3 heteroatoms. The monoisotopic (exact) mass is 289 g/mol. The van der Waals surface area contributed by atoms with Crippen LogP contribution in [0.1, 0.15) is 61.2 Å². The van der Waals surface area contributed by atoms with Gasteiger partial charge in [-0.2, -0.15) is 0 Å². The van der Waals surface area contributed by atoms with Crippen molar-refractivity contribution in [2.24, 2.45) is 0 Å². The van der Waals surface area contributed by atoms with Gasteiger partial charge in [-0.15, -0.1) is 0 Å². The third-order valence-electron chi connectivity index (χ3n) is 5.24. The van der Waals surface area contributed by atoms with Gasteiger partial charge < -0.3 is 10.2 Å². The summed E-state index contributed by atoms with van der Waals surface area (Å²) in [4.78, 5) is 7.06. The van der Waals surface area contributed by atoms with E-state index in [0.29, 0.717) is 11.6 Å². The van der Waals surface area contributed by atoms with Gasteiger partial charge in [0, 0.05) is 29.5 Å². The Morgan fingerprint density at radius 2 is 1.86 bits per heavy atom. The van der Waals surface area contributed by atoms with Crippen molar-refractivity contribution in [3.05, 3.63) is 28.6 Å². The first kappa shape index (κ1) is 16.4. The van der Waals surface area contributed by atoms with Crippen LogP contribution >= 0.6 is 0 Å². The van der Waals surface area contributed by atoms with Crippen molar-refractivity contribution in [2.75, 3.05) is 20.6 Å². The van der Waals surface area contributed by atoms with Crippen LogP contribution in [-0.2, 0) is 0 Å². The van der Waals surface area contributed by atoms with Gasteiger partial charge in [0.15, 0.2) is 0 Å². The molecule has 1 heterocycles. The lowest BCUT2D eigenvalue weighted by Crippen LogP contribution is -2.50. The van der Waals surface area contributed by atoms with Crippen molar-refractivity contribution in [1.29, 1.82) is 0 Å². The topological polar surface area (TPSA) is 28.2 Å². The quantitative estimate of drug-likeness (QED) is 0.899. The summed E-state index contributed by atoms with van der Waals surface area (Å²) in [5.74, 6) is 0. The van der Waals surface area contributed by atoms with Gasteiger partial charge in [0.1, 0.15) is 0 Å². The van der Waals surface area contributed by atoms with E-state index in [9.17, 15) is 0 Å². The summed E-state index contributed by atoms with van der Waals surface area (Å²) >= 11 is 0. The fraction of sp³-hybridized carbons (Fsp3) is 0.722. The van der Waals surface area contributed by atoms with Gasteiger partial charge in [0.25, 0.3) is 0 Å². The van der Waals surface area contributed by atoms with E-state index in [0.717, 1.165) is 17.9 Å². The van der Waals surface area contributed by atoms with Gasteiger partial charge in [0.05, 0.1) is 0 Å². The van der Waals surface area contributed by atoms with Crippen LogP contribution in [0.5, 0.6) is 0 Å². The number of nitrogens with zero attached hydrogens (tertiary/aromatic N) is 2. The van der Waals surface area contributed by atoms with Gasteiger partial charge in [-0.05, 0) is 71.8 Å². The first-order valence-corrected chi connectivity index (χ1v) is 8.21. The SMILES string of the molecule is Cc1cc(C)c(C(C)NCC2(N(C)C)CCCC2)c(C)n1. The Hall–Kier alpha value is -0.930. The van der Waals surface area contributed by atoms with Gasteiger partial charge in [0.2, 0.25) is 0 Å². The van der Waals surface area contributed by atoms with Crippen LogP contribution in [0.25, 0.3) is 0 Å². The average molecular weight is 289 g/mol. The Kier molecular flexibility index (Phi) is 5.05. The second-order valence-corrected chi connectivity index (χ2v) is 7.01. The lowest BCUT2D eigenvalue weighted by molar-refractivity contribution is 0.150. The number of hydrogen-bond donors (Lipinski definition) is 1. The minimum atomic E-state index is 0.341. The summed E-state index contributed by atoms with van der Waals surface area (Å²) in [7, 11) is 4.45. The van der Waals surface area contributed by atoms with Gasteiger partial charge >= 0.3 is 0 Å². The van der Waals surface area contributed by atoms with Crippen molar-refractivity contribution in [2.45, 2.75) is 65.0 Å². The van der Waals surface area contributed by atoms with Gasteiger partial charge in [-0.1, -0.05) is 12.8 Å². The highest BCUT2D eigenvalue weighted by Gasteiger charge is 2.36. The zero-order chi connectivity index (χ0) is 15.6. The molecule has 3 nitrogen and oxygen atoms in total. The molecule has 1 aromatic heterocycles. The van der Waals surface area contributed by atoms with E-state index < -0.39 is 0 Å². The zero-order valence-electron chi connectivity index (χ0n) is 14.6. The smallest absolute Gasteiger partial charge is 0.0426 e. The highest BCUT2D eigenvalue weighted by atomic mass is 15.2. The molecular formula is C18H31N3. The maximum Gasteiger partial charge on any atom is 0.0426 e. The lowest BCUT2D eigenvalue weighted by Gasteiger charge is -2.38. The molecule has 1 aliphatic carbocycles. The minimum Gasteiger partial charge on any atom is -0.308 e. The number of nitrogens with one attached hydrogen (secondary N) is 1. The van der Waals surface area contributed by atoms with Crippen LogP contribution in [0.3, 0.4) is 0 Å². The molecule has 0 amide bonds. The van der Waals surface area contributed by atoms with Crippen molar-refractivity contribution < 1.29 is 0 Å². The Morgan fingerprint density at radius 1 is 1.24 bits per heavy atom. The third kappa shape index (κ3) is 3.46. The van der Waals surface area contributed by atoms with Crippen molar-refractivity contribution >= 4 is 0 Å². The maximum absolute atomic E-state index is 4.64. The van der Waals surface area contributed by atoms with Gasteiger partial charge in [-0.3, -0.25) is 4.98 Å². The van der Waals surface area contributed by atoms with Crippen LogP contribution in [0.15, 0.2) is 6.07 Å². The number of rotatable bonds is 5. The predicted molar refractivity (Wildman–Crippen MR) is 89.8 cm³/mol. The maximum atomic E-state index is 4.64. The molecule has 0 radical (unpaired) electrons. The lowest BCUT2D eigenvalue weighted by atomic mass is 9.94. The molecular weight excluding hydrogens is 258 g/mol. The summed E-state index contributed by atoms with van der Waals surface area (Å²) in [6.45, 7) is 9.73. The Morgan fingerprint density at radius 3 is 2.38 bits per heavy atom. The molecule has 0 aromatic carbocycles. The normalized spacial score (nSPS) is 19.2. The fourth-order valence-electron chi connectivity index (χ4n) is 3.95. The molecule has 0 aliphatic heterocycles. The summed E-state index contributed by atoms with van der Waals surface area (Å²) < 4.78 is 0. The number of likely N-dealkylation sites (N-methyl/N-ethyl adjacent to an activating group) is 1. The highest BCUT2D eigenvalue weighted by molar-refractivity contribution is 5.33. The summed E-state index contributed by atoms with van der Waals surface area (Å²) in [5, 5.41) is 3.78. The molecule has 1 aliphatic rings. The molecule has 1 atom stereocenters. The molecule has 118 valence electrons. The molecule has 2 rings (SSSR count). The molecule has 1 unspecified atom stereocenters. The molecule has 0 saturated heterocycles. The van der Waals surface area contributed by atoms with E-state index in [-0.39, 0.29) is 0 Å². The van der Waals surface area contributed by atoms with Crippen molar-refractivity contribution in [1.82, 2.24) is 15.2 Å².